The predicted molar refractivity (Wildman–Crippen MR) is 74.8 cm³/mol. The monoisotopic (exact) mass is 289 g/mol. The summed E-state index contributed by atoms with van der Waals surface area (Å²) >= 11 is 0. The van der Waals surface area contributed by atoms with Crippen LogP contribution in [0, 0.1) is 13.8 Å². The van der Waals surface area contributed by atoms with Gasteiger partial charge in [-0.1, -0.05) is 0 Å². The zero-order chi connectivity index (χ0) is 14.8. The van der Waals surface area contributed by atoms with Crippen LogP contribution in [0.4, 0.5) is 0 Å². The van der Waals surface area contributed by atoms with Gasteiger partial charge in [0.2, 0.25) is 5.89 Å². The van der Waals surface area contributed by atoms with E-state index < -0.39 is 0 Å². The van der Waals surface area contributed by atoms with E-state index in [9.17, 15) is 4.79 Å². The maximum Gasteiger partial charge on any atom is 0.309 e. The van der Waals surface area contributed by atoms with Crippen molar-refractivity contribution in [3.63, 3.8) is 0 Å². The molecule has 2 aromatic heterocycles. The number of carbonyl (C=O) groups is 1. The van der Waals surface area contributed by atoms with Gasteiger partial charge >= 0.3 is 11.8 Å². The number of aryl methyl sites for hydroxylation is 2. The minimum atomic E-state index is -0.283. The highest BCUT2D eigenvalue weighted by Crippen LogP contribution is 2.28. The Hall–Kier alpha value is -2.18. The van der Waals surface area contributed by atoms with Gasteiger partial charge in [-0.3, -0.25) is 9.48 Å². The van der Waals surface area contributed by atoms with Crippen LogP contribution in [0.5, 0.6) is 0 Å². The molecule has 7 nitrogen and oxygen atoms in total. The molecule has 1 aliphatic rings. The second kappa shape index (κ2) is 5.67. The summed E-state index contributed by atoms with van der Waals surface area (Å²) in [4.78, 5) is 12.0. The third-order valence-corrected chi connectivity index (χ3v) is 3.86. The van der Waals surface area contributed by atoms with Gasteiger partial charge in [0.15, 0.2) is 0 Å². The number of aromatic nitrogens is 4. The van der Waals surface area contributed by atoms with E-state index in [-0.39, 0.29) is 17.8 Å². The van der Waals surface area contributed by atoms with E-state index in [1.807, 2.05) is 17.8 Å². The summed E-state index contributed by atoms with van der Waals surface area (Å²) in [5.74, 6) is 0.157. The molecular weight excluding hydrogens is 270 g/mol. The molecule has 2 heterocycles. The Kier molecular flexibility index (Phi) is 3.72. The molecule has 0 spiro atoms. The zero-order valence-electron chi connectivity index (χ0n) is 12.2. The van der Waals surface area contributed by atoms with Crippen molar-refractivity contribution in [2.45, 2.75) is 51.6 Å². The number of carbonyl (C=O) groups excluding carboxylic acids is 1. The van der Waals surface area contributed by atoms with Crippen molar-refractivity contribution >= 4 is 5.91 Å². The Morgan fingerprint density at radius 1 is 1.29 bits per heavy atom. The lowest BCUT2D eigenvalue weighted by atomic mass is 9.91. The van der Waals surface area contributed by atoms with Gasteiger partial charge in [0.05, 0.1) is 12.2 Å². The van der Waals surface area contributed by atoms with Crippen molar-refractivity contribution in [3.05, 3.63) is 29.7 Å². The molecule has 2 aromatic rings. The van der Waals surface area contributed by atoms with E-state index in [0.29, 0.717) is 11.9 Å². The molecule has 1 saturated carbocycles. The number of amides is 1. The zero-order valence-corrected chi connectivity index (χ0v) is 12.2. The van der Waals surface area contributed by atoms with Gasteiger partial charge in [-0.2, -0.15) is 5.10 Å². The van der Waals surface area contributed by atoms with Gasteiger partial charge < -0.3 is 9.73 Å². The van der Waals surface area contributed by atoms with Crippen LogP contribution in [-0.4, -0.2) is 31.9 Å². The maximum absolute atomic E-state index is 12.0. The average molecular weight is 289 g/mol. The van der Waals surface area contributed by atoms with Crippen LogP contribution >= 0.6 is 0 Å². The van der Waals surface area contributed by atoms with Gasteiger partial charge in [0.1, 0.15) is 0 Å². The number of rotatable bonds is 3. The molecule has 112 valence electrons. The second-order valence-corrected chi connectivity index (χ2v) is 5.60. The van der Waals surface area contributed by atoms with Crippen LogP contribution < -0.4 is 5.32 Å². The highest BCUT2D eigenvalue weighted by atomic mass is 16.4. The molecule has 0 unspecified atom stereocenters. The molecule has 7 heteroatoms. The van der Waals surface area contributed by atoms with Crippen LogP contribution in [0.25, 0.3) is 0 Å². The lowest BCUT2D eigenvalue weighted by Crippen LogP contribution is -2.38. The maximum atomic E-state index is 12.0. The molecule has 0 aliphatic heterocycles. The molecule has 0 radical (unpaired) electrons. The smallest absolute Gasteiger partial charge is 0.309 e. The quantitative estimate of drug-likeness (QED) is 0.931. The molecule has 0 aromatic carbocycles. The molecule has 1 fully saturated rings. The molecule has 0 saturated heterocycles. The van der Waals surface area contributed by atoms with Gasteiger partial charge in [-0.25, -0.2) is 0 Å². The molecule has 0 atom stereocenters. The molecule has 1 amide bonds. The molecule has 3 rings (SSSR count). The van der Waals surface area contributed by atoms with E-state index >= 15 is 0 Å². The first-order valence-electron chi connectivity index (χ1n) is 7.23. The van der Waals surface area contributed by atoms with Gasteiger partial charge in [0, 0.05) is 19.2 Å². The van der Waals surface area contributed by atoms with Crippen molar-refractivity contribution in [1.82, 2.24) is 25.3 Å². The highest BCUT2D eigenvalue weighted by molar-refractivity contribution is 5.89. The summed E-state index contributed by atoms with van der Waals surface area (Å²) < 4.78 is 7.17. The Bertz CT molecular complexity index is 625. The summed E-state index contributed by atoms with van der Waals surface area (Å²) in [7, 11) is 0. The lowest BCUT2D eigenvalue weighted by Gasteiger charge is -2.28. The fourth-order valence-corrected chi connectivity index (χ4v) is 2.75. The van der Waals surface area contributed by atoms with Gasteiger partial charge in [-0.05, 0) is 38.2 Å². The Morgan fingerprint density at radius 2 is 2.05 bits per heavy atom. The van der Waals surface area contributed by atoms with E-state index in [1.54, 1.807) is 6.92 Å². The summed E-state index contributed by atoms with van der Waals surface area (Å²) in [5, 5.41) is 14.7. The summed E-state index contributed by atoms with van der Waals surface area (Å²) in [6.07, 6.45) is 7.84. The van der Waals surface area contributed by atoms with Crippen LogP contribution in [0.3, 0.4) is 0 Å². The summed E-state index contributed by atoms with van der Waals surface area (Å²) in [6, 6.07) is 0.593. The normalized spacial score (nSPS) is 22.2. The molecule has 21 heavy (non-hydrogen) atoms. The van der Waals surface area contributed by atoms with Crippen molar-refractivity contribution in [1.29, 1.82) is 0 Å². The third-order valence-electron chi connectivity index (χ3n) is 3.86. The van der Waals surface area contributed by atoms with E-state index in [2.05, 4.69) is 26.8 Å². The first-order chi connectivity index (χ1) is 10.1. The van der Waals surface area contributed by atoms with E-state index in [0.717, 1.165) is 25.7 Å². The number of nitrogens with one attached hydrogen (secondary N) is 1. The van der Waals surface area contributed by atoms with Gasteiger partial charge in [0.25, 0.3) is 0 Å². The third kappa shape index (κ3) is 3.12. The van der Waals surface area contributed by atoms with Crippen molar-refractivity contribution < 1.29 is 9.21 Å². The average Bonchev–Trinajstić information content (AvgIpc) is 3.08. The summed E-state index contributed by atoms with van der Waals surface area (Å²) in [6.45, 7) is 3.71. The first-order valence-corrected chi connectivity index (χ1v) is 7.23. The lowest BCUT2D eigenvalue weighted by molar-refractivity contribution is 0.0885. The fourth-order valence-electron chi connectivity index (χ4n) is 2.75. The molecular formula is C14H19N5O2. The second-order valence-electron chi connectivity index (χ2n) is 5.60. The number of hydrogen-bond acceptors (Lipinski definition) is 5. The Balaban J connectivity index is 1.53. The van der Waals surface area contributed by atoms with Crippen molar-refractivity contribution in [2.24, 2.45) is 0 Å². The Labute approximate surface area is 122 Å². The standard InChI is InChI=1S/C14H19N5O2/c1-9-7-15-19(8-9)12-5-3-11(4-6-12)16-13(20)14-18-17-10(2)21-14/h7-8,11-12H,3-6H2,1-2H3,(H,16,20). The molecule has 1 aliphatic carbocycles. The highest BCUT2D eigenvalue weighted by Gasteiger charge is 2.25. The first kappa shape index (κ1) is 13.8. The van der Waals surface area contributed by atoms with Gasteiger partial charge in [-0.15, -0.1) is 10.2 Å². The van der Waals surface area contributed by atoms with E-state index in [4.69, 9.17) is 4.42 Å². The number of nitrogens with zero attached hydrogens (tertiary/aromatic N) is 4. The summed E-state index contributed by atoms with van der Waals surface area (Å²) in [5.41, 5.74) is 1.18. The topological polar surface area (TPSA) is 85.8 Å². The van der Waals surface area contributed by atoms with Crippen LogP contribution in [-0.2, 0) is 0 Å². The fraction of sp³-hybridized carbons (Fsp3) is 0.571. The van der Waals surface area contributed by atoms with Crippen molar-refractivity contribution in [3.8, 4) is 0 Å². The Morgan fingerprint density at radius 3 is 2.62 bits per heavy atom. The minimum absolute atomic E-state index is 0.0392. The van der Waals surface area contributed by atoms with Crippen molar-refractivity contribution in [2.75, 3.05) is 0 Å². The number of hydrogen-bond donors (Lipinski definition) is 1. The SMILES string of the molecule is Cc1cnn(C2CCC(NC(=O)c3nnc(C)o3)CC2)c1. The largest absolute Gasteiger partial charge is 0.417 e. The molecule has 1 N–H and O–H groups in total. The predicted octanol–water partition coefficient (Wildman–Crippen LogP) is 1.80. The minimum Gasteiger partial charge on any atom is -0.417 e. The molecule has 0 bridgehead atoms. The van der Waals surface area contributed by atoms with Crippen LogP contribution in [0.15, 0.2) is 16.8 Å². The van der Waals surface area contributed by atoms with Crippen LogP contribution in [0.1, 0.15) is 53.9 Å². The van der Waals surface area contributed by atoms with Crippen LogP contribution in [0.2, 0.25) is 0 Å². The van der Waals surface area contributed by atoms with E-state index in [1.165, 1.54) is 5.56 Å².